The van der Waals surface area contributed by atoms with Crippen LogP contribution >= 0.6 is 0 Å². The van der Waals surface area contributed by atoms with E-state index in [1.165, 1.54) is 81.4 Å². The van der Waals surface area contributed by atoms with Crippen molar-refractivity contribution in [3.8, 4) is 17.8 Å². The molecule has 0 saturated heterocycles. The maximum atomic E-state index is 12.4. The first-order valence-corrected chi connectivity index (χ1v) is 48.6. The molecule has 0 atom stereocenters. The van der Waals surface area contributed by atoms with Crippen LogP contribution in [0, 0.1) is 20.8 Å². The summed E-state index contributed by atoms with van der Waals surface area (Å²) in [6.07, 6.45) is 2.19. The van der Waals surface area contributed by atoms with Gasteiger partial charge in [-0.15, -0.1) is 0 Å². The summed E-state index contributed by atoms with van der Waals surface area (Å²) < 4.78 is 27.9. The van der Waals surface area contributed by atoms with Crippen LogP contribution in [0.25, 0.3) is 50.6 Å². The molecule has 15 rings (SSSR count). The number of hydrogen-bond donors (Lipinski definition) is 5. The zero-order chi connectivity index (χ0) is 67.5. The fourth-order valence-corrected chi connectivity index (χ4v) is 12.4. The first-order chi connectivity index (χ1) is 47.4. The van der Waals surface area contributed by atoms with E-state index in [9.17, 15) is 19.5 Å². The van der Waals surface area contributed by atoms with Gasteiger partial charge in [0.25, 0.3) is 5.91 Å². The molecule has 21 nitrogen and oxygen atoms in total. The van der Waals surface area contributed by atoms with Crippen molar-refractivity contribution >= 4 is 131 Å². The van der Waals surface area contributed by atoms with Crippen molar-refractivity contribution < 1.29 is 38.4 Å². The average Bonchev–Trinajstić information content (AvgIpc) is 1.66. The van der Waals surface area contributed by atoms with Crippen LogP contribution in [0.2, 0.25) is 0 Å². The predicted octanol–water partition coefficient (Wildman–Crippen LogP) is 11.3. The zero-order valence-electron chi connectivity index (χ0n) is 55.4. The second kappa shape index (κ2) is 32.2. The number of nitrogens with zero attached hydrogens (tertiary/aromatic N) is 9. The number of fused-ring (bicyclic) bond motifs is 6. The molecular formula is C74H71K2N13O8. The number of carbonyl (C=O) groups is 3. The number of carbonyl (C=O) groups excluding carboxylic acids is 2. The van der Waals surface area contributed by atoms with Crippen LogP contribution in [-0.4, -0.2) is 164 Å². The Bertz CT molecular complexity index is 4650. The number of amides is 1. The number of hydrogen-bond acceptors (Lipinski definition) is 16. The van der Waals surface area contributed by atoms with Gasteiger partial charge in [-0.25, -0.2) is 24.5 Å². The van der Waals surface area contributed by atoms with Crippen LogP contribution in [0.15, 0.2) is 164 Å². The van der Waals surface area contributed by atoms with Gasteiger partial charge >= 0.3 is 75.1 Å². The number of aryl methyl sites for hydroxylation is 3. The van der Waals surface area contributed by atoms with E-state index in [0.717, 1.165) is 114 Å². The van der Waals surface area contributed by atoms with Crippen molar-refractivity contribution in [3.63, 3.8) is 0 Å². The van der Waals surface area contributed by atoms with E-state index in [0.29, 0.717) is 100 Å². The number of carboxylic acid groups (broad SMARTS) is 1. The van der Waals surface area contributed by atoms with Gasteiger partial charge < -0.3 is 45.3 Å². The average molecular weight is 1350 g/mol. The van der Waals surface area contributed by atoms with E-state index < -0.39 is 5.97 Å². The first-order valence-electron chi connectivity index (χ1n) is 32.6. The van der Waals surface area contributed by atoms with Gasteiger partial charge in [0, 0.05) is 101 Å². The van der Waals surface area contributed by atoms with Crippen molar-refractivity contribution in [1.82, 2.24) is 48.9 Å². The second-order valence-electron chi connectivity index (χ2n) is 23.3. The fourth-order valence-electron chi connectivity index (χ4n) is 12.4. The molecule has 482 valence electrons. The molecule has 0 aliphatic carbocycles. The normalized spacial score (nSPS) is 12.9. The molecule has 0 radical (unpaired) electrons. The number of rotatable bonds is 15. The molecule has 5 N–H and O–H groups in total. The molecule has 0 bridgehead atoms. The fraction of sp³-hybridized carbons (Fsp3) is 0.230. The standard InChI is InChI=1S/C25H25N5O2.C25H24N4O3.C24H22N4O3.2K/c1-16-13-19-18(24(31)26-2)9-6-10-22(19)30(16)25-28-21-11-12-32-15-20(21)23(29-25)27-14-17-7-4-3-5-8-17;1-16-13-19-18(24(30)31-2)9-6-10-22(19)29(16)25-27-21-11-12-32-15-20(21)23(28-25)26-14-17-7-4-3-5-8-17;1-15-12-18-17(23(29)30)8-5-9-21(18)28(15)24-26-20-10-11-31-14-19(20)22(27-24)25-13-16-6-3-2-4-7-16;;/h3-10,13H,11-12,14-15H2,1-2H3,(H,26,31)(H,27,28,29);3-10,13H,11-12,14-15H2,1-2H3,(H,26,27,28);2-9,12H,10-11,13-14H2,1H3,(H,29,30)(H,25,26,27);;. The Morgan fingerprint density at radius 2 is 0.794 bits per heavy atom. The van der Waals surface area contributed by atoms with E-state index in [4.69, 9.17) is 48.9 Å². The molecule has 23 heteroatoms. The molecule has 12 aromatic rings. The Morgan fingerprint density at radius 3 is 1.13 bits per heavy atom. The molecule has 6 aromatic carbocycles. The molecule has 0 unspecified atom stereocenters. The van der Waals surface area contributed by atoms with Gasteiger partial charge in [-0.3, -0.25) is 18.5 Å². The number of carboxylic acids is 1. The summed E-state index contributed by atoms with van der Waals surface area (Å²) in [5.41, 5.74) is 16.2. The topological polar surface area (TPSA) is 249 Å². The summed E-state index contributed by atoms with van der Waals surface area (Å²) in [4.78, 5) is 65.6. The van der Waals surface area contributed by atoms with Crippen LogP contribution in [0.4, 0.5) is 17.5 Å². The van der Waals surface area contributed by atoms with Crippen LogP contribution < -0.4 is 21.3 Å². The van der Waals surface area contributed by atoms with Crippen molar-refractivity contribution in [3.05, 3.63) is 248 Å². The minimum absolute atomic E-state index is 0.110. The Kier molecular flexibility index (Phi) is 22.9. The molecule has 97 heavy (non-hydrogen) atoms. The number of ether oxygens (including phenoxy) is 4. The number of anilines is 3. The van der Waals surface area contributed by atoms with Gasteiger partial charge in [0.1, 0.15) is 17.5 Å². The Morgan fingerprint density at radius 1 is 0.464 bits per heavy atom. The number of nitrogens with one attached hydrogen (secondary N) is 4. The first kappa shape index (κ1) is 69.1. The maximum absolute atomic E-state index is 12.4. The summed E-state index contributed by atoms with van der Waals surface area (Å²) in [5.74, 6) is 2.61. The SMILES string of the molecule is CNC(=O)c1cccc2c1cc(C)n2-c1nc2c(c(NCc3ccccc3)n1)COCC2.COC(=O)c1cccc2c1cc(C)n2-c1nc2c(c(NCc3ccccc3)n1)COCC2.Cc1cc2c(C(=O)O)cccc2n1-c1nc2c(c(NCc3ccccc3)n1)COCC2.[K][K]. The number of methoxy groups -OCH3 is 1. The van der Waals surface area contributed by atoms with Crippen molar-refractivity contribution in [2.24, 2.45) is 0 Å². The number of benzene rings is 6. The van der Waals surface area contributed by atoms with Crippen molar-refractivity contribution in [2.45, 2.75) is 79.5 Å². The summed E-state index contributed by atoms with van der Waals surface area (Å²) in [6, 6.07) is 53.1. The summed E-state index contributed by atoms with van der Waals surface area (Å²) in [6.45, 7) is 11.3. The number of aromatic carboxylic acids is 1. The molecule has 0 fully saturated rings. The van der Waals surface area contributed by atoms with Gasteiger partial charge in [0.2, 0.25) is 17.8 Å². The van der Waals surface area contributed by atoms with E-state index in [1.54, 1.807) is 25.2 Å². The van der Waals surface area contributed by atoms with Gasteiger partial charge in [0.15, 0.2) is 0 Å². The molecular weight excluding hydrogens is 1280 g/mol. The Labute approximate surface area is 606 Å². The van der Waals surface area contributed by atoms with Gasteiger partial charge in [-0.2, -0.15) is 15.0 Å². The molecule has 0 saturated carbocycles. The summed E-state index contributed by atoms with van der Waals surface area (Å²) >= 11 is 2.50. The van der Waals surface area contributed by atoms with Gasteiger partial charge in [-0.1, -0.05) is 109 Å². The van der Waals surface area contributed by atoms with Crippen LogP contribution in [0.1, 0.15) is 98.6 Å². The Balaban J connectivity index is 0.000000137. The minimum atomic E-state index is -0.948. The van der Waals surface area contributed by atoms with E-state index in [-0.39, 0.29) is 17.4 Å². The van der Waals surface area contributed by atoms with Crippen LogP contribution in [0.3, 0.4) is 0 Å². The molecule has 9 heterocycles. The quantitative estimate of drug-likeness (QED) is 0.0473. The van der Waals surface area contributed by atoms with E-state index in [1.807, 2.05) is 144 Å². The zero-order valence-corrected chi connectivity index (χ0v) is 61.6. The molecule has 6 aromatic heterocycles. The van der Waals surface area contributed by atoms with Crippen LogP contribution in [0.5, 0.6) is 0 Å². The third kappa shape index (κ3) is 15.4. The number of aromatic nitrogens is 9. The molecule has 3 aliphatic heterocycles. The van der Waals surface area contributed by atoms with Crippen LogP contribution in [-0.2, 0) is 77.7 Å². The third-order valence-electron chi connectivity index (χ3n) is 17.1. The predicted molar refractivity (Wildman–Crippen MR) is 375 cm³/mol. The second-order valence-corrected chi connectivity index (χ2v) is 23.3. The molecule has 0 spiro atoms. The molecule has 1 amide bonds. The monoisotopic (exact) mass is 1350 g/mol. The molecule has 3 aliphatic rings. The van der Waals surface area contributed by atoms with Gasteiger partial charge in [0.05, 0.1) is 91.5 Å². The van der Waals surface area contributed by atoms with E-state index >= 15 is 0 Å². The van der Waals surface area contributed by atoms with E-state index in [2.05, 4.69) is 57.7 Å². The third-order valence-corrected chi connectivity index (χ3v) is 17.1. The number of esters is 1. The van der Waals surface area contributed by atoms with Crippen molar-refractivity contribution in [1.29, 1.82) is 0 Å². The van der Waals surface area contributed by atoms with Gasteiger partial charge in [-0.05, 0) is 92.1 Å². The summed E-state index contributed by atoms with van der Waals surface area (Å²) in [5, 5.41) is 25.1. The Hall–Kier alpha value is -7.86. The van der Waals surface area contributed by atoms with Crippen molar-refractivity contribution in [2.75, 3.05) is 49.9 Å². The summed E-state index contributed by atoms with van der Waals surface area (Å²) in [7, 11) is 3.04.